The van der Waals surface area contributed by atoms with Gasteiger partial charge in [-0.15, -0.1) is 0 Å². The molecule has 0 bridgehead atoms. The van der Waals surface area contributed by atoms with E-state index in [0.717, 1.165) is 86.6 Å². The van der Waals surface area contributed by atoms with Crippen LogP contribution in [0.15, 0.2) is 297 Å². The summed E-state index contributed by atoms with van der Waals surface area (Å²) in [4.78, 5) is 55.6. The van der Waals surface area contributed by atoms with Gasteiger partial charge < -0.3 is 72.4 Å². The normalized spacial score (nSPS) is 13.5. The van der Waals surface area contributed by atoms with E-state index in [4.69, 9.17) is 22.1 Å². The van der Waals surface area contributed by atoms with E-state index in [2.05, 4.69) is 207 Å². The van der Waals surface area contributed by atoms with Crippen molar-refractivity contribution in [3.8, 4) is 0 Å². The number of nitrogens with one attached hydrogen (secondary N) is 7. The predicted octanol–water partition coefficient (Wildman–Crippen LogP) is 18.9. The number of fused-ring (bicyclic) bond motifs is 9. The van der Waals surface area contributed by atoms with Crippen molar-refractivity contribution in [1.82, 2.24) is 40.5 Å². The number of amides is 1. The standard InChI is InChI=1S/C21H22N2O2.C18H20N2O.C18H18N2O.C18H18N2.C10H9NO.C8H11NO.C7H8.C3H5ClO2.CH4.B.Na.H/c1-3-25-21(24)23-12-17(15-7-5-4-6-8-15)20-18(13-23)16-11-14(2)9-10-19(16)22-20;2*1-13-7-8-17-16(9-13)15(11-20-17)10-19-12-18(21)14-5-3-2-4-6-14;1-12-7-8-17-14(9-12)16-11-19-10-15(18(16)20-17)13-5-3-2-4-6-13;1-7-2-3-10-9(4-7)8(6-12)5-11-10;9-6-8(10)7-4-2-1-3-5-7;1-7-5-3-2-4-6-7;1-2-6-3(4)5;;;;/h4-11,17,22H,3,12-13H2,1-2H3;2-9,11,18-21H,10,12H2,1H3;2-11,18,20-21H,12H2,1H3;2-9,15,19-20H,10-11H2,1H3;2-6,11H,1H3;1-5,8,10H,6,9H2;2-6H,1H3;2H2,1H3;1H4;;;/q;;;;;;;;;;+1;-1. The van der Waals surface area contributed by atoms with E-state index in [0.29, 0.717) is 45.3 Å². The summed E-state index contributed by atoms with van der Waals surface area (Å²) >= 11 is 4.72. The van der Waals surface area contributed by atoms with E-state index in [1.54, 1.807) is 13.1 Å². The average Bonchev–Trinajstić information content (AvgIpc) is 1.67. The minimum atomic E-state index is -0.738. The molecule has 0 saturated heterocycles. The van der Waals surface area contributed by atoms with Gasteiger partial charge in [-0.3, -0.25) is 9.79 Å². The largest absolute Gasteiger partial charge is 1.00 e. The molecule has 12 N–H and O–H groups in total. The van der Waals surface area contributed by atoms with Crippen LogP contribution in [0, 0.1) is 41.5 Å². The van der Waals surface area contributed by atoms with Crippen molar-refractivity contribution < 1.29 is 70.2 Å². The van der Waals surface area contributed by atoms with Gasteiger partial charge in [0, 0.05) is 179 Å². The number of aliphatic hydroxyl groups is 3. The Morgan fingerprint density at radius 1 is 0.512 bits per heavy atom. The van der Waals surface area contributed by atoms with Crippen LogP contribution < -0.4 is 45.9 Å². The molecule has 16 aromatic rings. The predicted molar refractivity (Wildman–Crippen MR) is 511 cm³/mol. The number of carbonyl (C=O) groups is 3. The number of aromatic amines is 5. The third-order valence-corrected chi connectivity index (χ3v) is 21.3. The summed E-state index contributed by atoms with van der Waals surface area (Å²) < 4.78 is 9.44. The van der Waals surface area contributed by atoms with E-state index in [1.807, 2.05) is 183 Å². The number of carbonyl (C=O) groups excluding carboxylic acids is 3. The Balaban J connectivity index is 0.000000203. The Bertz CT molecular complexity index is 6000. The van der Waals surface area contributed by atoms with Crippen LogP contribution in [-0.2, 0) is 29.1 Å². The van der Waals surface area contributed by atoms with Crippen LogP contribution in [0.5, 0.6) is 0 Å². The fourth-order valence-corrected chi connectivity index (χ4v) is 14.9. The van der Waals surface area contributed by atoms with Crippen LogP contribution in [0.1, 0.15) is 158 Å². The number of rotatable bonds is 16. The molecule has 2 aliphatic heterocycles. The molecule has 0 fully saturated rings. The van der Waals surface area contributed by atoms with Crippen molar-refractivity contribution in [2.75, 3.05) is 45.9 Å². The van der Waals surface area contributed by atoms with Gasteiger partial charge in [-0.1, -0.05) is 253 Å². The van der Waals surface area contributed by atoms with Crippen molar-refractivity contribution in [2.45, 2.75) is 113 Å². The molecule has 5 atom stereocenters. The second-order valence-corrected chi connectivity index (χ2v) is 30.6. The summed E-state index contributed by atoms with van der Waals surface area (Å²) in [5.74, 6) is 0.551. The number of nitrogens with two attached hydrogens (primary N) is 1. The molecule has 21 heteroatoms. The molecule has 0 saturated carbocycles. The van der Waals surface area contributed by atoms with Gasteiger partial charge in [-0.05, 0) is 155 Å². The number of H-pyrrole nitrogens is 5. The van der Waals surface area contributed by atoms with Crippen molar-refractivity contribution in [3.05, 3.63) is 392 Å². The minimum absolute atomic E-state index is 0. The van der Waals surface area contributed by atoms with Gasteiger partial charge in [0.2, 0.25) is 0 Å². The van der Waals surface area contributed by atoms with Gasteiger partial charge in [0.05, 0.1) is 44.6 Å². The molecule has 0 aliphatic carbocycles. The Morgan fingerprint density at radius 3 is 1.38 bits per heavy atom. The number of aromatic nitrogens is 5. The molecule has 11 aromatic carbocycles. The summed E-state index contributed by atoms with van der Waals surface area (Å²) in [5.41, 5.74) is 31.2. The summed E-state index contributed by atoms with van der Waals surface area (Å²) in [5, 5.41) is 42.3. The fourth-order valence-electron chi connectivity index (χ4n) is 14.8. The molecule has 7 heterocycles. The zero-order chi connectivity index (χ0) is 86.3. The number of aryl methyl sites for hydroxylation is 6. The number of aliphatic hydroxyl groups excluding tert-OH is 3. The quantitative estimate of drug-likeness (QED) is 0.0187. The monoisotopic (exact) mass is 1700 g/mol. The first-order valence-electron chi connectivity index (χ1n) is 41.3. The molecule has 2 aliphatic rings. The van der Waals surface area contributed by atoms with Gasteiger partial charge in [0.25, 0.3) is 0 Å². The van der Waals surface area contributed by atoms with E-state index in [9.17, 15) is 29.7 Å². The van der Waals surface area contributed by atoms with E-state index in [1.165, 1.54) is 94.3 Å². The summed E-state index contributed by atoms with van der Waals surface area (Å²) in [6, 6.07) is 91.9. The Morgan fingerprint density at radius 2 is 0.920 bits per heavy atom. The van der Waals surface area contributed by atoms with Crippen LogP contribution in [0.3, 0.4) is 0 Å². The SMILES string of the molecule is C.CCOC(=O)Cl.CCOC(=O)N1Cc2c([nH]c3ccc(C)cc23)C(c2ccccc2)C1.Cc1ccc2[nH]c3c(c2c1)CNCC3c1ccccc1.Cc1ccc2[nH]cc(C=NCC(O)c3ccccc3)c2c1.Cc1ccc2[nH]cc(C=O)c2c1.Cc1ccc2[nH]cc(CNCC(O)c3ccccc3)c2c1.Cc1ccccc1.NCC(O)c1ccccc1.[B].[H-].[Na+]. The van der Waals surface area contributed by atoms with Gasteiger partial charge in [0.1, 0.15) is 0 Å². The number of hydrogen-bond donors (Lipinski definition) is 11. The third kappa shape index (κ3) is 28.2. The molecule has 18 rings (SSSR count). The molecule has 18 nitrogen and oxygen atoms in total. The maximum absolute atomic E-state index is 12.4. The fraction of sp³-hybridized carbons (Fsp3) is 0.231. The smallest absolute Gasteiger partial charge is 1.00 e. The summed E-state index contributed by atoms with van der Waals surface area (Å²) in [7, 11) is 0. The van der Waals surface area contributed by atoms with Crippen molar-refractivity contribution in [2.24, 2.45) is 10.7 Å². The van der Waals surface area contributed by atoms with E-state index >= 15 is 0 Å². The molecular weight excluding hydrogens is 1590 g/mol. The van der Waals surface area contributed by atoms with Gasteiger partial charge in [0.15, 0.2) is 6.29 Å². The molecule has 1 amide bonds. The van der Waals surface area contributed by atoms with Gasteiger partial charge >= 0.3 is 41.1 Å². The number of aldehydes is 1. The Hall–Kier alpha value is -11.7. The van der Waals surface area contributed by atoms with Crippen molar-refractivity contribution >= 4 is 98.6 Å². The van der Waals surface area contributed by atoms with Crippen LogP contribution in [0.2, 0.25) is 0 Å². The first-order chi connectivity index (χ1) is 59.3. The number of aliphatic imine (C=N–C) groups is 1. The number of benzene rings is 11. The minimum Gasteiger partial charge on any atom is -1.00 e. The van der Waals surface area contributed by atoms with E-state index < -0.39 is 23.7 Å². The number of hydrogen-bond acceptors (Lipinski definition) is 12. The average molecular weight is 1700 g/mol. The van der Waals surface area contributed by atoms with Crippen molar-refractivity contribution in [3.63, 3.8) is 0 Å². The van der Waals surface area contributed by atoms with Crippen LogP contribution >= 0.6 is 11.6 Å². The zero-order valence-electron chi connectivity index (χ0n) is 73.1. The Labute approximate surface area is 764 Å². The molecule has 641 valence electrons. The molecule has 0 spiro atoms. The maximum Gasteiger partial charge on any atom is 1.00 e. The van der Waals surface area contributed by atoms with Crippen LogP contribution in [0.4, 0.5) is 9.59 Å². The number of halogens is 1. The second kappa shape index (κ2) is 50.3. The van der Waals surface area contributed by atoms with Crippen molar-refractivity contribution in [1.29, 1.82) is 0 Å². The van der Waals surface area contributed by atoms with Crippen LogP contribution in [0.25, 0.3) is 54.5 Å². The molecule has 5 aromatic heterocycles. The third-order valence-electron chi connectivity index (χ3n) is 21.1. The first-order valence-corrected chi connectivity index (χ1v) is 41.7. The summed E-state index contributed by atoms with van der Waals surface area (Å²) in [6.07, 6.45) is 6.62. The second-order valence-electron chi connectivity index (χ2n) is 30.3. The number of ether oxygens (including phenoxy) is 2. The molecule has 5 unspecified atom stereocenters. The molecule has 3 radical (unpaired) electrons. The van der Waals surface area contributed by atoms with Crippen LogP contribution in [-0.4, -0.2) is 124 Å². The van der Waals surface area contributed by atoms with Gasteiger partial charge in [-0.25, -0.2) is 9.59 Å². The number of nitrogens with zero attached hydrogens (tertiary/aromatic N) is 2. The van der Waals surface area contributed by atoms with E-state index in [-0.39, 0.29) is 65.4 Å². The summed E-state index contributed by atoms with van der Waals surface area (Å²) in [6.45, 7) is 21.9. The molecular formula is C104H116BClN10NaO8. The maximum atomic E-state index is 12.4. The molecule has 125 heavy (non-hydrogen) atoms. The van der Waals surface area contributed by atoms with Gasteiger partial charge in [-0.2, -0.15) is 0 Å². The first kappa shape index (κ1) is 98.7. The Kier molecular flexibility index (Phi) is 39.7. The topological polar surface area (TPSA) is 275 Å². The zero-order valence-corrected chi connectivity index (χ0v) is 74.9.